The molecule has 0 amide bonds. The first-order chi connectivity index (χ1) is 9.67. The molecule has 0 bridgehead atoms. The Labute approximate surface area is 125 Å². The number of rotatable bonds is 6. The van der Waals surface area contributed by atoms with Gasteiger partial charge in [0.05, 0.1) is 13.2 Å². The highest BCUT2D eigenvalue weighted by Crippen LogP contribution is 2.31. The van der Waals surface area contributed by atoms with Gasteiger partial charge in [-0.25, -0.2) is 0 Å². The minimum Gasteiger partial charge on any atom is -0.496 e. The summed E-state index contributed by atoms with van der Waals surface area (Å²) in [6.45, 7) is 7.47. The van der Waals surface area contributed by atoms with Crippen LogP contribution in [0, 0.1) is 13.8 Å². The minimum atomic E-state index is 0.246. The Morgan fingerprint density at radius 2 is 2.05 bits per heavy atom. The van der Waals surface area contributed by atoms with Crippen LogP contribution in [0.4, 0.5) is 0 Å². The molecule has 20 heavy (non-hydrogen) atoms. The zero-order valence-electron chi connectivity index (χ0n) is 12.7. The van der Waals surface area contributed by atoms with Crippen LogP contribution >= 0.6 is 11.3 Å². The normalized spacial score (nSPS) is 12.4. The van der Waals surface area contributed by atoms with Crippen molar-refractivity contribution in [2.24, 2.45) is 0 Å². The fourth-order valence-electron chi connectivity index (χ4n) is 2.41. The number of hydrogen-bond donors (Lipinski definition) is 1. The van der Waals surface area contributed by atoms with Crippen molar-refractivity contribution in [2.45, 2.75) is 33.2 Å². The molecule has 0 fully saturated rings. The van der Waals surface area contributed by atoms with Gasteiger partial charge in [0.15, 0.2) is 0 Å². The Morgan fingerprint density at radius 1 is 1.25 bits per heavy atom. The van der Waals surface area contributed by atoms with Crippen LogP contribution in [0.15, 0.2) is 29.6 Å². The molecule has 108 valence electrons. The fraction of sp³-hybridized carbons (Fsp3) is 0.412. The van der Waals surface area contributed by atoms with Gasteiger partial charge < -0.3 is 10.1 Å². The Kier molecular flexibility index (Phi) is 5.21. The first-order valence-corrected chi connectivity index (χ1v) is 7.97. The first kappa shape index (κ1) is 15.1. The lowest BCUT2D eigenvalue weighted by Gasteiger charge is -2.20. The molecule has 2 nitrogen and oxygen atoms in total. The van der Waals surface area contributed by atoms with Crippen molar-refractivity contribution in [3.63, 3.8) is 0 Å². The van der Waals surface area contributed by atoms with Gasteiger partial charge in [0.25, 0.3) is 0 Å². The lowest BCUT2D eigenvalue weighted by molar-refractivity contribution is 0.410. The molecule has 1 atom stereocenters. The van der Waals surface area contributed by atoms with E-state index < -0.39 is 0 Å². The number of nitrogens with one attached hydrogen (secondary N) is 1. The summed E-state index contributed by atoms with van der Waals surface area (Å²) < 4.78 is 5.46. The topological polar surface area (TPSA) is 21.3 Å². The van der Waals surface area contributed by atoms with Crippen LogP contribution in [0.5, 0.6) is 5.75 Å². The molecule has 1 aromatic heterocycles. The molecule has 0 aliphatic heterocycles. The van der Waals surface area contributed by atoms with Crippen molar-refractivity contribution in [3.8, 4) is 5.75 Å². The Balaban J connectivity index is 2.38. The van der Waals surface area contributed by atoms with Gasteiger partial charge >= 0.3 is 0 Å². The van der Waals surface area contributed by atoms with Crippen LogP contribution in [0.3, 0.4) is 0 Å². The van der Waals surface area contributed by atoms with Gasteiger partial charge in [-0.1, -0.05) is 19.1 Å². The van der Waals surface area contributed by atoms with Crippen molar-refractivity contribution < 1.29 is 4.74 Å². The number of thiophene rings is 1. The molecule has 2 rings (SSSR count). The third-order valence-electron chi connectivity index (χ3n) is 3.57. The van der Waals surface area contributed by atoms with Crippen molar-refractivity contribution in [3.05, 3.63) is 51.2 Å². The van der Waals surface area contributed by atoms with Gasteiger partial charge in [0.1, 0.15) is 5.75 Å². The average Bonchev–Trinajstić information content (AvgIpc) is 2.87. The van der Waals surface area contributed by atoms with Gasteiger partial charge in [-0.3, -0.25) is 0 Å². The number of hydrogen-bond acceptors (Lipinski definition) is 3. The summed E-state index contributed by atoms with van der Waals surface area (Å²) in [7, 11) is 1.73. The van der Waals surface area contributed by atoms with Crippen molar-refractivity contribution in [1.29, 1.82) is 0 Å². The molecule has 0 saturated heterocycles. The summed E-state index contributed by atoms with van der Waals surface area (Å²) in [6, 6.07) is 8.95. The fourth-order valence-corrected chi connectivity index (χ4v) is 3.15. The third-order valence-corrected chi connectivity index (χ3v) is 4.44. The van der Waals surface area contributed by atoms with Crippen molar-refractivity contribution >= 4 is 11.3 Å². The Hall–Kier alpha value is -1.32. The summed E-state index contributed by atoms with van der Waals surface area (Å²) in [4.78, 5) is 1.37. The standard InChI is InChI=1S/C17H23NOS/c1-5-9-18-17(15-8-10-20-13(15)3)14-7-6-12(2)16(11-14)19-4/h6-8,10-11,17-18H,5,9H2,1-4H3. The highest BCUT2D eigenvalue weighted by molar-refractivity contribution is 7.10. The largest absolute Gasteiger partial charge is 0.496 e. The van der Waals surface area contributed by atoms with Crippen molar-refractivity contribution in [2.75, 3.05) is 13.7 Å². The van der Waals surface area contributed by atoms with Crippen LogP contribution < -0.4 is 10.1 Å². The average molecular weight is 289 g/mol. The number of aryl methyl sites for hydroxylation is 2. The lowest BCUT2D eigenvalue weighted by Crippen LogP contribution is -2.23. The Morgan fingerprint density at radius 3 is 2.65 bits per heavy atom. The predicted molar refractivity (Wildman–Crippen MR) is 86.9 cm³/mol. The zero-order chi connectivity index (χ0) is 14.5. The van der Waals surface area contributed by atoms with E-state index in [9.17, 15) is 0 Å². The third kappa shape index (κ3) is 3.22. The highest BCUT2D eigenvalue weighted by Gasteiger charge is 2.17. The molecule has 0 aliphatic carbocycles. The lowest BCUT2D eigenvalue weighted by atomic mass is 9.98. The molecule has 0 saturated carbocycles. The molecule has 1 unspecified atom stereocenters. The second-order valence-electron chi connectivity index (χ2n) is 5.05. The van der Waals surface area contributed by atoms with Gasteiger partial charge in [-0.05, 0) is 61.0 Å². The number of methoxy groups -OCH3 is 1. The van der Waals surface area contributed by atoms with E-state index in [0.717, 1.165) is 18.7 Å². The van der Waals surface area contributed by atoms with E-state index in [1.54, 1.807) is 18.4 Å². The van der Waals surface area contributed by atoms with Crippen LogP contribution in [-0.2, 0) is 0 Å². The smallest absolute Gasteiger partial charge is 0.122 e. The molecule has 0 aliphatic rings. The molecule has 1 N–H and O–H groups in total. The zero-order valence-corrected chi connectivity index (χ0v) is 13.5. The molecule has 1 heterocycles. The minimum absolute atomic E-state index is 0.246. The maximum atomic E-state index is 5.46. The van der Waals surface area contributed by atoms with Gasteiger partial charge in [0.2, 0.25) is 0 Å². The summed E-state index contributed by atoms with van der Waals surface area (Å²) in [5.74, 6) is 0.957. The van der Waals surface area contributed by atoms with E-state index in [0.29, 0.717) is 0 Å². The van der Waals surface area contributed by atoms with E-state index in [1.807, 2.05) is 0 Å². The predicted octanol–water partition coefficient (Wildman–Crippen LogP) is 4.46. The maximum Gasteiger partial charge on any atom is 0.122 e. The maximum absolute atomic E-state index is 5.46. The summed E-state index contributed by atoms with van der Waals surface area (Å²) >= 11 is 1.80. The van der Waals surface area contributed by atoms with E-state index in [-0.39, 0.29) is 6.04 Å². The van der Waals surface area contributed by atoms with E-state index >= 15 is 0 Å². The van der Waals surface area contributed by atoms with E-state index in [4.69, 9.17) is 4.74 Å². The second kappa shape index (κ2) is 6.91. The SMILES string of the molecule is CCCNC(c1ccc(C)c(OC)c1)c1ccsc1C. The Bertz CT molecular complexity index is 562. The molecule has 1 aromatic carbocycles. The van der Waals surface area contributed by atoms with Gasteiger partial charge in [-0.2, -0.15) is 0 Å². The van der Waals surface area contributed by atoms with Gasteiger partial charge in [-0.15, -0.1) is 11.3 Å². The van der Waals surface area contributed by atoms with Crippen LogP contribution in [0.1, 0.15) is 41.0 Å². The number of ether oxygens (including phenoxy) is 1. The first-order valence-electron chi connectivity index (χ1n) is 7.09. The molecule has 3 heteroatoms. The number of benzene rings is 1. The molecule has 2 aromatic rings. The summed E-state index contributed by atoms with van der Waals surface area (Å²) in [5, 5.41) is 5.81. The van der Waals surface area contributed by atoms with Crippen molar-refractivity contribution in [1.82, 2.24) is 5.32 Å². The van der Waals surface area contributed by atoms with E-state index in [1.165, 1.54) is 21.6 Å². The summed E-state index contributed by atoms with van der Waals surface area (Å²) in [6.07, 6.45) is 1.13. The second-order valence-corrected chi connectivity index (χ2v) is 6.17. The molecular formula is C17H23NOS. The molecule has 0 radical (unpaired) electrons. The quantitative estimate of drug-likeness (QED) is 0.847. The van der Waals surface area contributed by atoms with Crippen LogP contribution in [0.25, 0.3) is 0 Å². The molecular weight excluding hydrogens is 266 g/mol. The van der Waals surface area contributed by atoms with E-state index in [2.05, 4.69) is 55.7 Å². The summed E-state index contributed by atoms with van der Waals surface area (Å²) in [5.41, 5.74) is 3.81. The molecule has 0 spiro atoms. The van der Waals surface area contributed by atoms with Gasteiger partial charge in [0, 0.05) is 4.88 Å². The monoisotopic (exact) mass is 289 g/mol. The van der Waals surface area contributed by atoms with Crippen LogP contribution in [-0.4, -0.2) is 13.7 Å². The van der Waals surface area contributed by atoms with Crippen LogP contribution in [0.2, 0.25) is 0 Å². The highest BCUT2D eigenvalue weighted by atomic mass is 32.1.